The van der Waals surface area contributed by atoms with Crippen molar-refractivity contribution < 1.29 is 22.0 Å². The monoisotopic (exact) mass is 277 g/mol. The molecule has 1 heterocycles. The summed E-state index contributed by atoms with van der Waals surface area (Å²) in [5.41, 5.74) is 0. The van der Waals surface area contributed by atoms with Crippen molar-refractivity contribution in [1.82, 2.24) is 4.98 Å². The van der Waals surface area contributed by atoms with Crippen LogP contribution in [-0.4, -0.2) is 4.98 Å². The lowest BCUT2D eigenvalue weighted by molar-refractivity contribution is 0.448. The standard InChI is InChI=1S/C11H4F5NS/c12-6-2-1-5(3-7(6)13)18-11-9(15)4-8(14)10(16)17-11/h1-4H. The predicted molar refractivity (Wildman–Crippen MR) is 54.6 cm³/mol. The second kappa shape index (κ2) is 4.93. The largest absolute Gasteiger partial charge is 0.250 e. The Hall–Kier alpha value is -1.63. The number of rotatable bonds is 2. The van der Waals surface area contributed by atoms with Crippen LogP contribution in [0.2, 0.25) is 0 Å². The van der Waals surface area contributed by atoms with E-state index in [2.05, 4.69) is 4.98 Å². The topological polar surface area (TPSA) is 12.9 Å². The van der Waals surface area contributed by atoms with Gasteiger partial charge in [0, 0.05) is 11.0 Å². The summed E-state index contributed by atoms with van der Waals surface area (Å²) >= 11 is 0.561. The second-order valence-electron chi connectivity index (χ2n) is 3.23. The van der Waals surface area contributed by atoms with Crippen LogP contribution in [0.5, 0.6) is 0 Å². The molecular formula is C11H4F5NS. The van der Waals surface area contributed by atoms with Crippen molar-refractivity contribution in [3.05, 3.63) is 53.5 Å². The first-order valence-electron chi connectivity index (χ1n) is 4.62. The molecule has 0 radical (unpaired) electrons. The van der Waals surface area contributed by atoms with E-state index < -0.39 is 34.2 Å². The van der Waals surface area contributed by atoms with Crippen LogP contribution < -0.4 is 0 Å². The van der Waals surface area contributed by atoms with Gasteiger partial charge in [0.05, 0.1) is 0 Å². The van der Waals surface area contributed by atoms with E-state index in [0.717, 1.165) is 12.1 Å². The van der Waals surface area contributed by atoms with Gasteiger partial charge in [-0.15, -0.1) is 0 Å². The summed E-state index contributed by atoms with van der Waals surface area (Å²) in [5.74, 6) is -6.13. The van der Waals surface area contributed by atoms with E-state index in [1.165, 1.54) is 6.07 Å². The van der Waals surface area contributed by atoms with Gasteiger partial charge in [-0.1, -0.05) is 11.8 Å². The Kier molecular flexibility index (Phi) is 3.51. The number of pyridine rings is 1. The van der Waals surface area contributed by atoms with Crippen molar-refractivity contribution in [1.29, 1.82) is 0 Å². The molecule has 0 atom stereocenters. The van der Waals surface area contributed by atoms with Crippen molar-refractivity contribution in [3.63, 3.8) is 0 Å². The molecule has 0 fully saturated rings. The molecule has 0 saturated heterocycles. The first kappa shape index (κ1) is 12.8. The molecule has 0 spiro atoms. The van der Waals surface area contributed by atoms with E-state index in [4.69, 9.17) is 0 Å². The Morgan fingerprint density at radius 1 is 0.778 bits per heavy atom. The van der Waals surface area contributed by atoms with Crippen molar-refractivity contribution in [3.8, 4) is 0 Å². The van der Waals surface area contributed by atoms with Crippen LogP contribution in [0.25, 0.3) is 0 Å². The molecule has 0 aliphatic carbocycles. The van der Waals surface area contributed by atoms with E-state index in [-0.39, 0.29) is 4.90 Å². The summed E-state index contributed by atoms with van der Waals surface area (Å²) in [7, 11) is 0. The Morgan fingerprint density at radius 3 is 2.17 bits per heavy atom. The number of benzene rings is 1. The molecule has 0 N–H and O–H groups in total. The fourth-order valence-electron chi connectivity index (χ4n) is 1.15. The molecule has 0 bridgehead atoms. The molecule has 7 heteroatoms. The highest BCUT2D eigenvalue weighted by Gasteiger charge is 2.13. The third kappa shape index (κ3) is 2.61. The van der Waals surface area contributed by atoms with Gasteiger partial charge in [0.25, 0.3) is 0 Å². The normalized spacial score (nSPS) is 10.7. The maximum atomic E-state index is 13.2. The number of hydrogen-bond donors (Lipinski definition) is 0. The summed E-state index contributed by atoms with van der Waals surface area (Å²) in [5, 5.41) is -0.458. The van der Waals surface area contributed by atoms with Gasteiger partial charge >= 0.3 is 0 Å². The zero-order valence-electron chi connectivity index (χ0n) is 8.55. The number of hydrogen-bond acceptors (Lipinski definition) is 2. The van der Waals surface area contributed by atoms with Crippen LogP contribution in [0.1, 0.15) is 0 Å². The molecule has 0 unspecified atom stereocenters. The maximum absolute atomic E-state index is 13.2. The summed E-state index contributed by atoms with van der Waals surface area (Å²) in [6.45, 7) is 0. The molecule has 94 valence electrons. The highest BCUT2D eigenvalue weighted by Crippen LogP contribution is 2.29. The summed E-state index contributed by atoms with van der Waals surface area (Å²) < 4.78 is 64.2. The smallest absolute Gasteiger partial charge is 0.207 e. The third-order valence-corrected chi connectivity index (χ3v) is 2.93. The quantitative estimate of drug-likeness (QED) is 0.609. The van der Waals surface area contributed by atoms with E-state index in [0.29, 0.717) is 17.8 Å². The molecule has 0 saturated carbocycles. The van der Waals surface area contributed by atoms with Crippen LogP contribution in [-0.2, 0) is 0 Å². The first-order chi connectivity index (χ1) is 8.47. The predicted octanol–water partition coefficient (Wildman–Crippen LogP) is 3.93. The van der Waals surface area contributed by atoms with Gasteiger partial charge < -0.3 is 0 Å². The maximum Gasteiger partial charge on any atom is 0.250 e. The highest BCUT2D eigenvalue weighted by atomic mass is 32.2. The van der Waals surface area contributed by atoms with Gasteiger partial charge in [0.15, 0.2) is 23.3 Å². The van der Waals surface area contributed by atoms with Gasteiger partial charge in [-0.05, 0) is 18.2 Å². The second-order valence-corrected chi connectivity index (χ2v) is 4.29. The van der Waals surface area contributed by atoms with Gasteiger partial charge in [-0.2, -0.15) is 4.39 Å². The minimum atomic E-state index is -1.46. The average molecular weight is 277 g/mol. The van der Waals surface area contributed by atoms with Crippen LogP contribution in [0, 0.1) is 29.2 Å². The van der Waals surface area contributed by atoms with Crippen LogP contribution in [0.4, 0.5) is 22.0 Å². The number of aromatic nitrogens is 1. The number of nitrogens with zero attached hydrogens (tertiary/aromatic N) is 1. The molecule has 1 nitrogen and oxygen atoms in total. The SMILES string of the molecule is Fc1ccc(Sc2nc(F)c(F)cc2F)cc1F. The molecule has 1 aromatic heterocycles. The van der Waals surface area contributed by atoms with Gasteiger partial charge in [-0.25, -0.2) is 22.5 Å². The Morgan fingerprint density at radius 2 is 1.50 bits per heavy atom. The van der Waals surface area contributed by atoms with E-state index in [1.54, 1.807) is 0 Å². The molecular weight excluding hydrogens is 273 g/mol. The third-order valence-electron chi connectivity index (χ3n) is 1.96. The fourth-order valence-corrected chi connectivity index (χ4v) is 1.96. The first-order valence-corrected chi connectivity index (χ1v) is 5.43. The lowest BCUT2D eigenvalue weighted by atomic mass is 10.3. The Bertz CT molecular complexity index is 602. The Balaban J connectivity index is 2.34. The summed E-state index contributed by atoms with van der Waals surface area (Å²) in [4.78, 5) is 3.17. The zero-order valence-corrected chi connectivity index (χ0v) is 9.37. The molecule has 0 aliphatic heterocycles. The van der Waals surface area contributed by atoms with Gasteiger partial charge in [0.2, 0.25) is 5.95 Å². The molecule has 0 amide bonds. The van der Waals surface area contributed by atoms with Crippen LogP contribution >= 0.6 is 11.8 Å². The summed E-state index contributed by atoms with van der Waals surface area (Å²) in [6, 6.07) is 3.16. The van der Waals surface area contributed by atoms with Gasteiger partial charge in [0.1, 0.15) is 5.03 Å². The lowest BCUT2D eigenvalue weighted by Crippen LogP contribution is -1.95. The van der Waals surface area contributed by atoms with Crippen LogP contribution in [0.3, 0.4) is 0 Å². The van der Waals surface area contributed by atoms with E-state index in [9.17, 15) is 22.0 Å². The average Bonchev–Trinajstić information content (AvgIpc) is 2.31. The zero-order chi connectivity index (χ0) is 13.3. The molecule has 2 rings (SSSR count). The molecule has 1 aromatic carbocycles. The Labute approximate surface area is 103 Å². The van der Waals surface area contributed by atoms with Crippen molar-refractivity contribution in [2.24, 2.45) is 0 Å². The number of halogens is 5. The van der Waals surface area contributed by atoms with E-state index in [1.807, 2.05) is 0 Å². The van der Waals surface area contributed by atoms with Crippen molar-refractivity contribution >= 4 is 11.8 Å². The minimum Gasteiger partial charge on any atom is -0.207 e. The molecule has 0 aliphatic rings. The minimum absolute atomic E-state index is 0.117. The van der Waals surface area contributed by atoms with Gasteiger partial charge in [-0.3, -0.25) is 0 Å². The van der Waals surface area contributed by atoms with E-state index >= 15 is 0 Å². The fraction of sp³-hybridized carbons (Fsp3) is 0. The van der Waals surface area contributed by atoms with Crippen molar-refractivity contribution in [2.45, 2.75) is 9.92 Å². The molecule has 2 aromatic rings. The van der Waals surface area contributed by atoms with Crippen molar-refractivity contribution in [2.75, 3.05) is 0 Å². The lowest BCUT2D eigenvalue weighted by Gasteiger charge is -2.03. The summed E-state index contributed by atoms with van der Waals surface area (Å²) in [6.07, 6.45) is 0. The highest BCUT2D eigenvalue weighted by molar-refractivity contribution is 7.99. The van der Waals surface area contributed by atoms with Crippen LogP contribution in [0.15, 0.2) is 34.2 Å². The molecule has 18 heavy (non-hydrogen) atoms.